The fourth-order valence-corrected chi connectivity index (χ4v) is 3.07. The molecule has 0 spiro atoms. The van der Waals surface area contributed by atoms with Gasteiger partial charge in [-0.2, -0.15) is 5.10 Å². The predicted molar refractivity (Wildman–Crippen MR) is 116 cm³/mol. The predicted octanol–water partition coefficient (Wildman–Crippen LogP) is 5.27. The summed E-state index contributed by atoms with van der Waals surface area (Å²) >= 11 is 0. The van der Waals surface area contributed by atoms with Crippen molar-refractivity contribution < 1.29 is 23.1 Å². The van der Waals surface area contributed by atoms with Crippen molar-refractivity contribution in [2.45, 2.75) is 13.5 Å². The molecule has 0 aliphatic heterocycles. The second kappa shape index (κ2) is 8.84. The maximum Gasteiger partial charge on any atom is 0.324 e. The Kier molecular flexibility index (Phi) is 5.80. The van der Waals surface area contributed by atoms with Crippen LogP contribution in [0.1, 0.15) is 22.8 Å². The van der Waals surface area contributed by atoms with Crippen molar-refractivity contribution in [1.82, 2.24) is 10.2 Å². The van der Waals surface area contributed by atoms with E-state index in [4.69, 9.17) is 4.74 Å². The number of ether oxygens (including phenoxy) is 1. The van der Waals surface area contributed by atoms with Gasteiger partial charge in [-0.05, 0) is 55.5 Å². The van der Waals surface area contributed by atoms with Crippen LogP contribution in [0.15, 0.2) is 60.7 Å². The van der Waals surface area contributed by atoms with Gasteiger partial charge < -0.3 is 10.1 Å². The minimum atomic E-state index is -0.680. The first kappa shape index (κ1) is 21.0. The SMILES string of the molecule is CC(=O)c1ccc(NC(=O)Nc2n[nH]c3cc(OCc4c(F)cccc4F)ccc23)cc1. The number of nitrogens with zero attached hydrogens (tertiary/aromatic N) is 1. The Morgan fingerprint density at radius 3 is 2.41 bits per heavy atom. The van der Waals surface area contributed by atoms with Crippen LogP contribution >= 0.6 is 0 Å². The molecule has 0 fully saturated rings. The van der Waals surface area contributed by atoms with Gasteiger partial charge >= 0.3 is 6.03 Å². The van der Waals surface area contributed by atoms with Gasteiger partial charge in [0.1, 0.15) is 24.0 Å². The first-order valence-electron chi connectivity index (χ1n) is 9.63. The van der Waals surface area contributed by atoms with Gasteiger partial charge in [-0.25, -0.2) is 13.6 Å². The highest BCUT2D eigenvalue weighted by Crippen LogP contribution is 2.26. The van der Waals surface area contributed by atoms with Crippen molar-refractivity contribution in [3.8, 4) is 5.75 Å². The number of fused-ring (bicyclic) bond motifs is 1. The number of Topliss-reactive ketones (excluding diaryl/α,β-unsaturated/α-hetero) is 1. The van der Waals surface area contributed by atoms with Gasteiger partial charge in [-0.1, -0.05) is 6.07 Å². The third-order valence-corrected chi connectivity index (χ3v) is 4.76. The van der Waals surface area contributed by atoms with E-state index in [0.29, 0.717) is 33.7 Å². The van der Waals surface area contributed by atoms with Crippen molar-refractivity contribution >= 4 is 34.2 Å². The Hall–Kier alpha value is -4.27. The number of halogens is 2. The molecule has 0 aliphatic rings. The molecule has 0 atom stereocenters. The van der Waals surface area contributed by atoms with Gasteiger partial charge in [-0.3, -0.25) is 15.2 Å². The molecule has 1 aromatic heterocycles. The van der Waals surface area contributed by atoms with Crippen molar-refractivity contribution in [1.29, 1.82) is 0 Å². The van der Waals surface area contributed by atoms with Crippen molar-refractivity contribution in [3.63, 3.8) is 0 Å². The van der Waals surface area contributed by atoms with E-state index < -0.39 is 17.7 Å². The minimum absolute atomic E-state index is 0.0635. The van der Waals surface area contributed by atoms with Crippen LogP contribution in [-0.2, 0) is 6.61 Å². The number of anilines is 2. The summed E-state index contributed by atoms with van der Waals surface area (Å²) in [5.41, 5.74) is 1.47. The van der Waals surface area contributed by atoms with Crippen LogP contribution in [0.25, 0.3) is 10.9 Å². The third-order valence-electron chi connectivity index (χ3n) is 4.76. The molecule has 162 valence electrons. The highest BCUT2D eigenvalue weighted by atomic mass is 19.1. The largest absolute Gasteiger partial charge is 0.489 e. The number of carbonyl (C=O) groups excluding carboxylic acids is 2. The first-order valence-corrected chi connectivity index (χ1v) is 9.63. The Balaban J connectivity index is 1.42. The van der Waals surface area contributed by atoms with Crippen LogP contribution in [0.4, 0.5) is 25.1 Å². The summed E-state index contributed by atoms with van der Waals surface area (Å²) in [6.07, 6.45) is 0. The average molecular weight is 436 g/mol. The summed E-state index contributed by atoms with van der Waals surface area (Å²) in [6.45, 7) is 1.20. The number of carbonyl (C=O) groups is 2. The Labute approximate surface area is 181 Å². The summed E-state index contributed by atoms with van der Waals surface area (Å²) in [5, 5.41) is 12.8. The van der Waals surface area contributed by atoms with E-state index >= 15 is 0 Å². The van der Waals surface area contributed by atoms with Gasteiger partial charge in [0, 0.05) is 22.7 Å². The van der Waals surface area contributed by atoms with Crippen LogP contribution in [0.2, 0.25) is 0 Å². The summed E-state index contributed by atoms with van der Waals surface area (Å²) < 4.78 is 33.0. The molecule has 0 unspecified atom stereocenters. The van der Waals surface area contributed by atoms with E-state index in [2.05, 4.69) is 20.8 Å². The van der Waals surface area contributed by atoms with Crippen molar-refractivity contribution in [2.24, 2.45) is 0 Å². The quantitative estimate of drug-likeness (QED) is 0.359. The maximum atomic E-state index is 13.7. The zero-order valence-corrected chi connectivity index (χ0v) is 16.9. The summed E-state index contributed by atoms with van der Waals surface area (Å²) in [5.74, 6) is -0.747. The lowest BCUT2D eigenvalue weighted by Crippen LogP contribution is -2.19. The molecule has 0 radical (unpaired) electrons. The van der Waals surface area contributed by atoms with Gasteiger partial charge in [0.15, 0.2) is 11.6 Å². The number of H-pyrrole nitrogens is 1. The average Bonchev–Trinajstić information content (AvgIpc) is 3.15. The van der Waals surface area contributed by atoms with E-state index in [9.17, 15) is 18.4 Å². The molecule has 4 aromatic rings. The number of rotatable bonds is 6. The van der Waals surface area contributed by atoms with Gasteiger partial charge in [0.05, 0.1) is 11.1 Å². The molecule has 3 N–H and O–H groups in total. The number of hydrogen-bond donors (Lipinski definition) is 3. The Morgan fingerprint density at radius 2 is 1.72 bits per heavy atom. The second-order valence-electron chi connectivity index (χ2n) is 6.98. The van der Waals surface area contributed by atoms with E-state index in [1.807, 2.05) is 0 Å². The Morgan fingerprint density at radius 1 is 1.00 bits per heavy atom. The topological polar surface area (TPSA) is 96.1 Å². The summed E-state index contributed by atoms with van der Waals surface area (Å²) in [7, 11) is 0. The molecule has 0 aliphatic carbocycles. The maximum absolute atomic E-state index is 13.7. The smallest absolute Gasteiger partial charge is 0.324 e. The highest BCUT2D eigenvalue weighted by molar-refractivity contribution is 6.05. The normalized spacial score (nSPS) is 10.7. The van der Waals surface area contributed by atoms with Crippen LogP contribution in [0.3, 0.4) is 0 Å². The fraction of sp³-hybridized carbons (Fsp3) is 0.0870. The van der Waals surface area contributed by atoms with Gasteiger partial charge in [0.25, 0.3) is 0 Å². The third kappa shape index (κ3) is 4.56. The van der Waals surface area contributed by atoms with Gasteiger partial charge in [-0.15, -0.1) is 0 Å². The van der Waals surface area contributed by atoms with E-state index in [1.165, 1.54) is 25.1 Å². The monoisotopic (exact) mass is 436 g/mol. The van der Waals surface area contributed by atoms with Crippen LogP contribution in [0, 0.1) is 11.6 Å². The number of benzene rings is 3. The first-order chi connectivity index (χ1) is 15.4. The molecular weight excluding hydrogens is 418 g/mol. The highest BCUT2D eigenvalue weighted by Gasteiger charge is 2.12. The molecular formula is C23H18F2N4O3. The van der Waals surface area contributed by atoms with E-state index in [1.54, 1.807) is 42.5 Å². The molecule has 0 bridgehead atoms. The van der Waals surface area contributed by atoms with E-state index in [-0.39, 0.29) is 18.0 Å². The number of aromatic amines is 1. The summed E-state index contributed by atoms with van der Waals surface area (Å²) in [4.78, 5) is 23.6. The molecule has 4 rings (SSSR count). The molecule has 0 saturated carbocycles. The number of hydrogen-bond acceptors (Lipinski definition) is 4. The second-order valence-corrected chi connectivity index (χ2v) is 6.98. The zero-order chi connectivity index (χ0) is 22.7. The molecule has 3 aromatic carbocycles. The number of ketones is 1. The molecule has 7 nitrogen and oxygen atoms in total. The number of amides is 2. The van der Waals surface area contributed by atoms with Crippen LogP contribution in [-0.4, -0.2) is 22.0 Å². The standard InChI is InChI=1S/C23H18F2N4O3/c1-13(30)14-5-7-15(8-6-14)26-23(31)27-22-17-10-9-16(11-21(17)28-29-22)32-12-18-19(24)3-2-4-20(18)25/h2-11H,12H2,1H3,(H3,26,27,28,29,31). The lowest BCUT2D eigenvalue weighted by Gasteiger charge is -2.08. The molecule has 2 amide bonds. The molecule has 9 heteroatoms. The minimum Gasteiger partial charge on any atom is -0.489 e. The fourth-order valence-electron chi connectivity index (χ4n) is 3.07. The van der Waals surface area contributed by atoms with Gasteiger partial charge in [0.2, 0.25) is 0 Å². The van der Waals surface area contributed by atoms with E-state index in [0.717, 1.165) is 0 Å². The number of nitrogens with one attached hydrogen (secondary N) is 3. The molecule has 32 heavy (non-hydrogen) atoms. The summed E-state index contributed by atoms with van der Waals surface area (Å²) in [6, 6.07) is 14.5. The lowest BCUT2D eigenvalue weighted by atomic mass is 10.1. The number of aromatic nitrogens is 2. The molecule has 1 heterocycles. The van der Waals surface area contributed by atoms with Crippen LogP contribution < -0.4 is 15.4 Å². The number of urea groups is 1. The van der Waals surface area contributed by atoms with Crippen molar-refractivity contribution in [2.75, 3.05) is 10.6 Å². The van der Waals surface area contributed by atoms with Crippen LogP contribution in [0.5, 0.6) is 5.75 Å². The Bertz CT molecular complexity index is 1280. The lowest BCUT2D eigenvalue weighted by molar-refractivity contribution is 0.101. The zero-order valence-electron chi connectivity index (χ0n) is 16.9. The molecule has 0 saturated heterocycles. The van der Waals surface area contributed by atoms with Crippen molar-refractivity contribution in [3.05, 3.63) is 83.4 Å².